The zero-order chi connectivity index (χ0) is 104. The average molecular weight is 2140 g/mol. The molecule has 141 heavy (non-hydrogen) atoms. The van der Waals surface area contributed by atoms with Crippen LogP contribution in [0.15, 0.2) is 107 Å². The molecule has 0 radical (unpaired) electrons. The summed E-state index contributed by atoms with van der Waals surface area (Å²) in [5.74, 6) is -8.72. The first-order valence-corrected chi connectivity index (χ1v) is 47.8. The van der Waals surface area contributed by atoms with E-state index in [1.54, 1.807) is 72.3 Å². The number of aromatic nitrogens is 9. The lowest BCUT2D eigenvalue weighted by Crippen LogP contribution is -2.58. The SMILES string of the molecule is C=CC(=O)N1[C@H](C)CN(c2c(C#N)c(=O)n(-c3c(C)ccnc3C(C)C)c3nc(-c4c(O)c(Cl)c(Cl)c(F)c4Cl)c(Cl)cc23)C[C@@H]1C.C=CC(=O)N1[C@H](C)CN(c2c(C#N)c(=O)n(-c3c(C)ccnc3C(C)C)c3nc(-c4c(O)c(Cl)c(Cl)c(F)c4Cl)c(Cl)cc23)C[C@@H]1C.C=CC(=O)N1[C@H](C)CN(c2c(C#N)c(=O)n(-c3c(C)ccnc3C(C)C)c3nc(-c4c(O)c(Cl)c(Cl)c(F)c4F)c(Cl)cc23)C[C@@H]1C. The van der Waals surface area contributed by atoms with Crippen molar-refractivity contribution in [2.45, 2.75) is 158 Å². The largest absolute Gasteiger partial charge is 0.506 e. The number of piperazine rings is 3. The predicted molar refractivity (Wildman–Crippen MR) is 547 cm³/mol. The van der Waals surface area contributed by atoms with E-state index in [1.165, 1.54) is 50.1 Å². The second-order valence-corrected chi connectivity index (χ2v) is 39.4. The van der Waals surface area contributed by atoms with Gasteiger partial charge in [-0.15, -0.1) is 0 Å². The lowest BCUT2D eigenvalue weighted by atomic mass is 10.0. The summed E-state index contributed by atoms with van der Waals surface area (Å²) in [6.45, 7) is 40.2. The number of hydrogen-bond donors (Lipinski definition) is 3. The summed E-state index contributed by atoms with van der Waals surface area (Å²) in [4.78, 5) is 120. The minimum atomic E-state index is -1.56. The van der Waals surface area contributed by atoms with Gasteiger partial charge in [0.25, 0.3) is 16.7 Å². The molecule has 0 aliphatic carbocycles. The van der Waals surface area contributed by atoms with E-state index < -0.39 is 109 Å². The van der Waals surface area contributed by atoms with Crippen molar-refractivity contribution in [2.24, 2.45) is 0 Å². The first kappa shape index (κ1) is 106. The molecule has 3 saturated heterocycles. The van der Waals surface area contributed by atoms with Gasteiger partial charge in [0.15, 0.2) is 23.3 Å². The van der Waals surface area contributed by atoms with Crippen molar-refractivity contribution in [3.63, 3.8) is 0 Å². The summed E-state index contributed by atoms with van der Waals surface area (Å²) in [6, 6.07) is 13.8. The molecule has 3 aliphatic heterocycles. The number of halogens is 15. The molecule has 12 heterocycles. The van der Waals surface area contributed by atoms with Gasteiger partial charge in [0, 0.05) is 110 Å². The van der Waals surface area contributed by atoms with E-state index in [-0.39, 0.29) is 205 Å². The maximum atomic E-state index is 15.5. The number of phenols is 3. The number of benzene rings is 3. The number of nitriles is 3. The Balaban J connectivity index is 0.000000178. The zero-order valence-corrected chi connectivity index (χ0v) is 86.3. The number of aryl methyl sites for hydroxylation is 3. The number of hydrogen-bond acceptors (Lipinski definition) is 21. The molecule has 9 aromatic heterocycles. The van der Waals surface area contributed by atoms with Crippen LogP contribution in [-0.2, 0) is 14.4 Å². The minimum absolute atomic E-state index is 0.0354. The molecule has 3 amide bonds. The fourth-order valence-electron chi connectivity index (χ4n) is 18.7. The molecule has 27 nitrogen and oxygen atoms in total. The van der Waals surface area contributed by atoms with Crippen LogP contribution in [-0.4, -0.2) is 167 Å². The van der Waals surface area contributed by atoms with Crippen LogP contribution < -0.4 is 31.4 Å². The van der Waals surface area contributed by atoms with Crippen LogP contribution >= 0.6 is 128 Å². The Kier molecular flexibility index (Phi) is 31.6. The van der Waals surface area contributed by atoms with Crippen LogP contribution in [0.25, 0.3) is 83.9 Å². The summed E-state index contributed by atoms with van der Waals surface area (Å²) < 4.78 is 64.3. The normalized spacial score (nSPS) is 16.6. The summed E-state index contributed by atoms with van der Waals surface area (Å²) in [6.07, 6.45) is 8.57. The Bertz CT molecular complexity index is 6870. The van der Waals surface area contributed by atoms with E-state index >= 15 is 13.2 Å². The number of phenolic OH excluding ortho intramolecular Hbond substituents is 3. The molecule has 3 N–H and O–H groups in total. The highest BCUT2D eigenvalue weighted by molar-refractivity contribution is 6.47. The van der Waals surface area contributed by atoms with Crippen LogP contribution in [0.3, 0.4) is 0 Å². The highest BCUT2D eigenvalue weighted by atomic mass is 35.5. The topological polar surface area (TPSA) is 346 Å². The Morgan fingerprint density at radius 2 is 0.617 bits per heavy atom. The first-order valence-electron chi connectivity index (χ1n) is 43.7. The van der Waals surface area contributed by atoms with Crippen molar-refractivity contribution in [1.82, 2.24) is 58.3 Å². The molecule has 3 fully saturated rings. The van der Waals surface area contributed by atoms with E-state index in [1.807, 2.05) is 97.8 Å². The van der Waals surface area contributed by atoms with Crippen molar-refractivity contribution < 1.29 is 47.3 Å². The smallest absolute Gasteiger partial charge is 0.276 e. The van der Waals surface area contributed by atoms with Gasteiger partial charge < -0.3 is 44.7 Å². The zero-order valence-electron chi connectivity index (χ0n) is 78.0. The Morgan fingerprint density at radius 1 is 0.383 bits per heavy atom. The molecule has 0 spiro atoms. The molecule has 42 heteroatoms. The number of anilines is 3. The third-order valence-electron chi connectivity index (χ3n) is 24.8. The monoisotopic (exact) mass is 2130 g/mol. The average Bonchev–Trinajstić information content (AvgIpc) is 0.725. The van der Waals surface area contributed by atoms with Gasteiger partial charge >= 0.3 is 0 Å². The third kappa shape index (κ3) is 18.7. The molecule has 15 rings (SSSR count). The van der Waals surface area contributed by atoms with Crippen molar-refractivity contribution in [3.05, 3.63) is 253 Å². The van der Waals surface area contributed by atoms with Gasteiger partial charge in [0.1, 0.15) is 99.2 Å². The maximum Gasteiger partial charge on any atom is 0.276 e. The standard InChI is InChI=1S/2C33H29Cl4FN6O3.C33H29Cl3F2N6O3/c2*1-7-21(45)43-16(5)12-42(13-17(43)6)30-18-10-20(34)28(22-23(35)26(38)24(36)25(37)31(22)46)41-32(18)44(33(47)19(30)11-39)29-15(4)8-9-40-27(29)14(2)3;1-7-21(45)43-16(5)12-42(13-17(43)6)30-18-10-20(34)28(22-25(37)26(38)23(35)24(36)31(22)46)41-32(18)44(33(47)19(30)11-39)29-15(4)8-9-40-27(29)14(2)3/h3*7-10,14,16-17,46H,1,12-13H2,2-6H3/t3*16-,17+. The Morgan fingerprint density at radius 3 is 0.851 bits per heavy atom. The summed E-state index contributed by atoms with van der Waals surface area (Å²) in [5, 5.41) is 60.0. The number of nitrogens with zero attached hydrogens (tertiary/aromatic N) is 18. The Hall–Kier alpha value is -12.0. The second-order valence-electron chi connectivity index (χ2n) is 35.1. The minimum Gasteiger partial charge on any atom is -0.506 e. The highest BCUT2D eigenvalue weighted by Crippen LogP contribution is 2.53. The van der Waals surface area contributed by atoms with Gasteiger partial charge in [0.2, 0.25) is 17.7 Å². The van der Waals surface area contributed by atoms with Crippen LogP contribution in [0, 0.1) is 78.0 Å². The first-order chi connectivity index (χ1) is 66.5. The molecule has 12 aromatic rings. The molecule has 3 aliphatic rings. The van der Waals surface area contributed by atoms with Crippen molar-refractivity contribution in [3.8, 4) is 86.3 Å². The molecule has 3 aromatic carbocycles. The van der Waals surface area contributed by atoms with Crippen molar-refractivity contribution >= 4 is 195 Å². The fourth-order valence-corrected chi connectivity index (χ4v) is 21.2. The van der Waals surface area contributed by atoms with Gasteiger partial charge in [-0.2, -0.15) is 15.8 Å². The van der Waals surface area contributed by atoms with Crippen molar-refractivity contribution in [1.29, 1.82) is 15.8 Å². The van der Waals surface area contributed by atoms with Gasteiger partial charge in [-0.25, -0.2) is 32.5 Å². The summed E-state index contributed by atoms with van der Waals surface area (Å²) in [7, 11) is 0. The van der Waals surface area contributed by atoms with Gasteiger partial charge in [-0.1, -0.05) is 189 Å². The number of rotatable bonds is 15. The number of aromatic hydroxyl groups is 3. The van der Waals surface area contributed by atoms with Crippen LogP contribution in [0.1, 0.15) is 151 Å². The third-order valence-corrected chi connectivity index (χ3v) is 28.8. The number of carbonyl (C=O) groups excluding carboxylic acids is 3. The lowest BCUT2D eigenvalue weighted by molar-refractivity contribution is -0.131. The van der Waals surface area contributed by atoms with Crippen molar-refractivity contribution in [2.75, 3.05) is 54.0 Å². The molecule has 0 bridgehead atoms. The Labute approximate surface area is 861 Å². The number of fused-ring (bicyclic) bond motifs is 3. The van der Waals surface area contributed by atoms with Gasteiger partial charge in [-0.3, -0.25) is 57.4 Å². The van der Waals surface area contributed by atoms with E-state index in [4.69, 9.17) is 138 Å². The lowest BCUT2D eigenvalue weighted by Gasteiger charge is -2.45. The summed E-state index contributed by atoms with van der Waals surface area (Å²) in [5.41, 5.74) is 0.547. The molecule has 732 valence electrons. The van der Waals surface area contributed by atoms with Crippen LogP contribution in [0.2, 0.25) is 55.2 Å². The van der Waals surface area contributed by atoms with Crippen LogP contribution in [0.4, 0.5) is 34.6 Å². The van der Waals surface area contributed by atoms with Gasteiger partial charge in [-0.05, 0) is 151 Å². The highest BCUT2D eigenvalue weighted by Gasteiger charge is 2.42. The predicted octanol–water partition coefficient (Wildman–Crippen LogP) is 22.9. The van der Waals surface area contributed by atoms with E-state index in [9.17, 15) is 64.3 Å². The second kappa shape index (κ2) is 41.9. The number of pyridine rings is 9. The van der Waals surface area contributed by atoms with E-state index in [2.05, 4.69) is 57.9 Å². The molecule has 6 atom stereocenters. The molecule has 0 unspecified atom stereocenters. The fraction of sp³-hybridized carbons (Fsp3) is 0.303. The summed E-state index contributed by atoms with van der Waals surface area (Å²) >= 11 is 69.1. The quantitative estimate of drug-likeness (QED) is 0.0371. The van der Waals surface area contributed by atoms with Gasteiger partial charge in [0.05, 0.1) is 110 Å². The molecule has 0 saturated carbocycles. The molecular weight excluding hydrogens is 2050 g/mol. The van der Waals surface area contributed by atoms with E-state index in [0.29, 0.717) is 61.6 Å². The van der Waals surface area contributed by atoms with Crippen LogP contribution in [0.5, 0.6) is 17.2 Å². The maximum absolute atomic E-state index is 15.5. The van der Waals surface area contributed by atoms with E-state index in [0.717, 1.165) is 0 Å². The number of amides is 3. The molecular formula is C99H87Cl11F4N18O9. The number of carbonyl (C=O) groups is 3.